The summed E-state index contributed by atoms with van der Waals surface area (Å²) in [7, 11) is 0. The van der Waals surface area contributed by atoms with E-state index in [1.807, 2.05) is 21.9 Å². The Bertz CT molecular complexity index is 2290. The SMILES string of the molecule is CC(=O)Nc1ccn(C(=O)N2CC3CN(Cc4cc(Cl)cc(C(C)(C)O)c4)CC3C2)n1.CC(=O)Nc1ccn(C(=O)N2CC3CNCC3C2)n1.CC(C)(O)c1cc(Cl)cc(C=O)c1. The first kappa shape index (κ1) is 47.3. The summed E-state index contributed by atoms with van der Waals surface area (Å²) in [6, 6.07) is 13.6. The lowest BCUT2D eigenvalue weighted by Gasteiger charge is -2.23. The van der Waals surface area contributed by atoms with Crippen LogP contribution in [-0.4, -0.2) is 127 Å². The summed E-state index contributed by atoms with van der Waals surface area (Å²) in [5, 5.41) is 37.8. The number of fused-ring (bicyclic) bond motifs is 2. The van der Waals surface area contributed by atoms with E-state index >= 15 is 0 Å². The average molecular weight is 908 g/mol. The molecule has 0 bridgehead atoms. The van der Waals surface area contributed by atoms with Gasteiger partial charge in [0.2, 0.25) is 11.8 Å². The van der Waals surface area contributed by atoms with Gasteiger partial charge in [-0.25, -0.2) is 9.59 Å². The molecule has 0 aliphatic carbocycles. The van der Waals surface area contributed by atoms with Gasteiger partial charge in [0.1, 0.15) is 6.29 Å². The van der Waals surface area contributed by atoms with Crippen molar-refractivity contribution in [1.82, 2.24) is 39.6 Å². The van der Waals surface area contributed by atoms with Crippen LogP contribution >= 0.6 is 23.2 Å². The summed E-state index contributed by atoms with van der Waals surface area (Å²) in [6.45, 7) is 17.2. The molecule has 0 radical (unpaired) electrons. The van der Waals surface area contributed by atoms with Gasteiger partial charge in [-0.05, 0) is 98.4 Å². The van der Waals surface area contributed by atoms with Crippen LogP contribution in [0.15, 0.2) is 60.9 Å². The number of carbonyl (C=O) groups is 5. The van der Waals surface area contributed by atoms with Gasteiger partial charge >= 0.3 is 12.1 Å². The van der Waals surface area contributed by atoms with E-state index in [4.69, 9.17) is 23.2 Å². The van der Waals surface area contributed by atoms with E-state index in [0.717, 1.165) is 56.9 Å². The van der Waals surface area contributed by atoms with Gasteiger partial charge in [-0.15, -0.1) is 10.2 Å². The zero-order chi connectivity index (χ0) is 45.8. The molecule has 19 heteroatoms. The molecule has 0 spiro atoms. The Morgan fingerprint density at radius 3 is 1.59 bits per heavy atom. The lowest BCUT2D eigenvalue weighted by atomic mass is 9.96. The highest BCUT2D eigenvalue weighted by Crippen LogP contribution is 2.34. The lowest BCUT2D eigenvalue weighted by Crippen LogP contribution is -2.36. The molecule has 63 heavy (non-hydrogen) atoms. The number of benzene rings is 2. The van der Waals surface area contributed by atoms with Gasteiger partial charge in [-0.3, -0.25) is 19.3 Å². The molecule has 4 unspecified atom stereocenters. The van der Waals surface area contributed by atoms with Crippen LogP contribution in [-0.2, 0) is 27.3 Å². The number of nitrogens with zero attached hydrogens (tertiary/aromatic N) is 7. The molecule has 4 atom stereocenters. The molecule has 338 valence electrons. The van der Waals surface area contributed by atoms with Crippen molar-refractivity contribution < 1.29 is 34.2 Å². The first-order chi connectivity index (χ1) is 29.6. The van der Waals surface area contributed by atoms with Crippen LogP contribution in [0.2, 0.25) is 10.0 Å². The maximum Gasteiger partial charge on any atom is 0.344 e. The number of halogens is 2. The summed E-state index contributed by atoms with van der Waals surface area (Å²) in [4.78, 5) is 63.7. The van der Waals surface area contributed by atoms with E-state index < -0.39 is 11.2 Å². The van der Waals surface area contributed by atoms with Gasteiger partial charge in [0, 0.05) is 113 Å². The molecule has 4 aliphatic heterocycles. The van der Waals surface area contributed by atoms with Gasteiger partial charge in [0.25, 0.3) is 0 Å². The number of aromatic nitrogens is 4. The largest absolute Gasteiger partial charge is 0.386 e. The van der Waals surface area contributed by atoms with Crippen LogP contribution in [0.3, 0.4) is 0 Å². The quantitative estimate of drug-likeness (QED) is 0.154. The van der Waals surface area contributed by atoms with Crippen LogP contribution in [0.5, 0.6) is 0 Å². The van der Waals surface area contributed by atoms with E-state index in [1.165, 1.54) is 23.2 Å². The van der Waals surface area contributed by atoms with E-state index in [9.17, 15) is 34.2 Å². The maximum absolute atomic E-state index is 12.8. The summed E-state index contributed by atoms with van der Waals surface area (Å²) in [5.74, 6) is 2.33. The molecule has 17 nitrogen and oxygen atoms in total. The van der Waals surface area contributed by atoms with Crippen molar-refractivity contribution in [2.24, 2.45) is 23.7 Å². The minimum atomic E-state index is -0.970. The molecular weight excluding hydrogens is 851 g/mol. The molecule has 8 rings (SSSR count). The monoisotopic (exact) mass is 906 g/mol. The Balaban J connectivity index is 0.000000175. The summed E-state index contributed by atoms with van der Waals surface area (Å²) in [6.07, 6.45) is 3.87. The normalized spacial score (nSPS) is 20.5. The molecular formula is C44H56Cl2N10O7. The zero-order valence-corrected chi connectivity index (χ0v) is 37.9. The molecule has 4 amide bonds. The number of anilines is 2. The highest BCUT2D eigenvalue weighted by molar-refractivity contribution is 6.31. The van der Waals surface area contributed by atoms with Crippen molar-refractivity contribution in [3.05, 3.63) is 93.2 Å². The van der Waals surface area contributed by atoms with Crippen LogP contribution in [0.1, 0.15) is 68.6 Å². The Labute approximate surface area is 376 Å². The molecule has 4 aliphatic rings. The van der Waals surface area contributed by atoms with Gasteiger partial charge in [0.05, 0.1) is 11.2 Å². The van der Waals surface area contributed by atoms with Crippen LogP contribution < -0.4 is 16.0 Å². The van der Waals surface area contributed by atoms with E-state index in [-0.39, 0.29) is 23.9 Å². The molecule has 5 N–H and O–H groups in total. The number of rotatable bonds is 7. The molecule has 4 fully saturated rings. The van der Waals surface area contributed by atoms with Gasteiger partial charge in [-0.1, -0.05) is 29.3 Å². The maximum atomic E-state index is 12.8. The second-order valence-electron chi connectivity index (χ2n) is 17.8. The van der Waals surface area contributed by atoms with Gasteiger partial charge in [0.15, 0.2) is 11.6 Å². The Kier molecular flexibility index (Phi) is 14.8. The molecule has 2 aromatic heterocycles. The third-order valence-corrected chi connectivity index (χ3v) is 11.9. The highest BCUT2D eigenvalue weighted by Gasteiger charge is 2.42. The zero-order valence-electron chi connectivity index (χ0n) is 36.3. The van der Waals surface area contributed by atoms with Crippen molar-refractivity contribution in [3.8, 4) is 0 Å². The predicted molar refractivity (Wildman–Crippen MR) is 239 cm³/mol. The Morgan fingerprint density at radius 2 is 1.14 bits per heavy atom. The molecule has 2 aromatic carbocycles. The predicted octanol–water partition coefficient (Wildman–Crippen LogP) is 5.09. The second kappa shape index (κ2) is 19.7. The van der Waals surface area contributed by atoms with E-state index in [1.54, 1.807) is 76.5 Å². The average Bonchev–Trinajstić information content (AvgIpc) is 4.04. The topological polar surface area (TPSA) is 207 Å². The number of hydrogen-bond acceptors (Lipinski definition) is 11. The van der Waals surface area contributed by atoms with Crippen molar-refractivity contribution in [2.45, 2.75) is 59.3 Å². The molecule has 6 heterocycles. The Hall–Kier alpha value is -5.17. The third kappa shape index (κ3) is 12.5. The van der Waals surface area contributed by atoms with Gasteiger partial charge < -0.3 is 36.0 Å². The van der Waals surface area contributed by atoms with Crippen LogP contribution in [0, 0.1) is 23.7 Å². The van der Waals surface area contributed by atoms with E-state index in [0.29, 0.717) is 75.9 Å². The first-order valence-corrected chi connectivity index (χ1v) is 21.6. The molecule has 4 saturated heterocycles. The molecule has 4 aromatic rings. The fourth-order valence-corrected chi connectivity index (χ4v) is 8.92. The minimum Gasteiger partial charge on any atom is -0.386 e. The summed E-state index contributed by atoms with van der Waals surface area (Å²) >= 11 is 12.0. The van der Waals surface area contributed by atoms with Gasteiger partial charge in [-0.2, -0.15) is 9.36 Å². The van der Waals surface area contributed by atoms with Crippen LogP contribution in [0.25, 0.3) is 0 Å². The third-order valence-electron chi connectivity index (χ3n) is 11.5. The number of likely N-dealkylation sites (tertiary alicyclic amines) is 3. The number of aliphatic hydroxyl groups is 2. The fraction of sp³-hybridized carbons (Fsp3) is 0.477. The summed E-state index contributed by atoms with van der Waals surface area (Å²) < 4.78 is 2.58. The fourth-order valence-electron chi connectivity index (χ4n) is 8.42. The lowest BCUT2D eigenvalue weighted by molar-refractivity contribution is -0.115. The first-order valence-electron chi connectivity index (χ1n) is 20.8. The Morgan fingerprint density at radius 1 is 0.698 bits per heavy atom. The number of hydrogen-bond donors (Lipinski definition) is 5. The number of nitrogens with one attached hydrogen (secondary N) is 3. The summed E-state index contributed by atoms with van der Waals surface area (Å²) in [5.41, 5.74) is 1.10. The van der Waals surface area contributed by atoms with Crippen molar-refractivity contribution in [3.63, 3.8) is 0 Å². The standard InChI is InChI=1S/C22H28ClN5O3.C12H17N5O2.C10H11ClO2/c1-14(29)24-20-4-5-28(25-20)21(30)27-12-16-10-26(11-17(16)13-27)9-15-6-18(22(2,3)31)8-19(23)7-15;1-8(18)14-11-2-3-17(15-11)12(19)16-6-9-4-13-5-10(9)7-16;1-10(2,13)8-3-7(6-12)4-9(11)5-8/h4-8,16-17,31H,9-13H2,1-3H3,(H,24,25,29);2-3,9-10,13H,4-7H2,1H3,(H,14,15,18);3-6,13H,1-2H3. The van der Waals surface area contributed by atoms with E-state index in [2.05, 4.69) is 31.0 Å². The number of aldehydes is 1. The van der Waals surface area contributed by atoms with Crippen molar-refractivity contribution in [1.29, 1.82) is 0 Å². The minimum absolute atomic E-state index is 0.119. The van der Waals surface area contributed by atoms with Crippen molar-refractivity contribution >= 4 is 65.0 Å². The smallest absolute Gasteiger partial charge is 0.344 e. The number of amides is 4. The van der Waals surface area contributed by atoms with Crippen LogP contribution in [0.4, 0.5) is 21.2 Å². The van der Waals surface area contributed by atoms with Crippen molar-refractivity contribution in [2.75, 3.05) is 63.0 Å². The molecule has 0 saturated carbocycles. The highest BCUT2D eigenvalue weighted by atomic mass is 35.5. The second-order valence-corrected chi connectivity index (χ2v) is 18.7. The number of carbonyl (C=O) groups excluding carboxylic acids is 5.